The predicted molar refractivity (Wildman–Crippen MR) is 233 cm³/mol. The lowest BCUT2D eigenvalue weighted by molar-refractivity contribution is -0.390. The molecule has 69 heavy (non-hydrogen) atoms. The summed E-state index contributed by atoms with van der Waals surface area (Å²) >= 11 is 0. The van der Waals surface area contributed by atoms with Gasteiger partial charge in [0.15, 0.2) is 25.0 Å². The number of rotatable bonds is 11. The molecule has 8 aliphatic rings. The van der Waals surface area contributed by atoms with E-state index in [1.165, 1.54) is 0 Å². The largest absolute Gasteiger partial charge is 0.481 e. The molecule has 21 heteroatoms. The Labute approximate surface area is 400 Å². The van der Waals surface area contributed by atoms with Crippen molar-refractivity contribution in [3.63, 3.8) is 0 Å². The van der Waals surface area contributed by atoms with Crippen LogP contribution in [0.2, 0.25) is 0 Å². The van der Waals surface area contributed by atoms with Crippen LogP contribution in [0.3, 0.4) is 0 Å². The van der Waals surface area contributed by atoms with Crippen LogP contribution >= 0.6 is 0 Å². The minimum Gasteiger partial charge on any atom is -0.481 e. The van der Waals surface area contributed by atoms with Crippen LogP contribution in [-0.2, 0) is 42.8 Å². The number of hydrogen-bond acceptors (Lipinski definition) is 19. The molecule has 0 unspecified atom stereocenters. The van der Waals surface area contributed by atoms with Gasteiger partial charge in [0.05, 0.1) is 30.8 Å². The van der Waals surface area contributed by atoms with Crippen LogP contribution in [0.25, 0.3) is 0 Å². The minimum atomic E-state index is -2.17. The fourth-order valence-corrected chi connectivity index (χ4v) is 15.1. The topological polar surface area (TPSA) is 349 Å². The van der Waals surface area contributed by atoms with Gasteiger partial charge in [0, 0.05) is 0 Å². The molecular formula is C48H74O21. The summed E-state index contributed by atoms with van der Waals surface area (Å²) in [7, 11) is 0. The maximum absolute atomic E-state index is 13.8. The number of aliphatic hydroxyl groups is 10. The summed E-state index contributed by atoms with van der Waals surface area (Å²) in [5.74, 6) is -3.43. The van der Waals surface area contributed by atoms with Crippen molar-refractivity contribution in [2.45, 2.75) is 204 Å². The fourth-order valence-electron chi connectivity index (χ4n) is 15.1. The fraction of sp³-hybridized carbons (Fsp3) is 0.896. The van der Waals surface area contributed by atoms with Crippen LogP contribution in [0.5, 0.6) is 0 Å². The molecule has 0 aromatic heterocycles. The van der Waals surface area contributed by atoms with Gasteiger partial charge in [-0.25, -0.2) is 4.79 Å². The molecule has 4 saturated carbocycles. The highest BCUT2D eigenvalue weighted by Gasteiger charge is 2.72. The van der Waals surface area contributed by atoms with Crippen molar-refractivity contribution in [3.8, 4) is 0 Å². The molecule has 21 nitrogen and oxygen atoms in total. The third-order valence-corrected chi connectivity index (χ3v) is 19.3. The van der Waals surface area contributed by atoms with Gasteiger partial charge in [0.25, 0.3) is 0 Å². The summed E-state index contributed by atoms with van der Waals surface area (Å²) in [6.45, 7) is 10.9. The van der Waals surface area contributed by atoms with E-state index in [2.05, 4.69) is 40.7 Å². The van der Waals surface area contributed by atoms with Gasteiger partial charge in [-0.1, -0.05) is 53.2 Å². The smallest absolute Gasteiger partial charge is 0.335 e. The molecule has 0 amide bonds. The molecular weight excluding hydrogens is 913 g/mol. The van der Waals surface area contributed by atoms with Gasteiger partial charge in [-0.3, -0.25) is 4.79 Å². The first-order valence-corrected chi connectivity index (χ1v) is 24.4. The van der Waals surface area contributed by atoms with Gasteiger partial charge in [0.2, 0.25) is 0 Å². The Morgan fingerprint density at radius 1 is 0.667 bits per heavy atom. The number of aldehydes is 1. The van der Waals surface area contributed by atoms with Crippen LogP contribution in [0.15, 0.2) is 11.6 Å². The summed E-state index contributed by atoms with van der Waals surface area (Å²) in [6.07, 6.45) is -23.3. The zero-order valence-electron chi connectivity index (χ0n) is 40.0. The second-order valence-electron chi connectivity index (χ2n) is 23.3. The highest BCUT2D eigenvalue weighted by atomic mass is 16.8. The average Bonchev–Trinajstić information content (AvgIpc) is 3.29. The second kappa shape index (κ2) is 18.6. The maximum Gasteiger partial charge on any atom is 0.335 e. The average molecular weight is 987 g/mol. The van der Waals surface area contributed by atoms with E-state index >= 15 is 0 Å². The van der Waals surface area contributed by atoms with Crippen molar-refractivity contribution in [1.29, 1.82) is 0 Å². The lowest BCUT2D eigenvalue weighted by Gasteiger charge is -2.71. The quantitative estimate of drug-likeness (QED) is 0.0667. The van der Waals surface area contributed by atoms with E-state index < -0.39 is 157 Å². The molecule has 392 valence electrons. The number of carbonyl (C=O) groups excluding carboxylic acids is 1. The Kier molecular flexibility index (Phi) is 14.3. The molecule has 0 radical (unpaired) electrons. The molecule has 3 saturated heterocycles. The normalized spacial score (nSPS) is 53.9. The molecule has 0 bridgehead atoms. The third kappa shape index (κ3) is 8.08. The molecule has 25 atom stereocenters. The number of carboxylic acid groups (broad SMARTS) is 2. The molecule has 3 heterocycles. The Bertz CT molecular complexity index is 1960. The number of carbonyl (C=O) groups is 3. The first kappa shape index (κ1) is 53.0. The monoisotopic (exact) mass is 986 g/mol. The van der Waals surface area contributed by atoms with E-state index in [1.807, 2.05) is 0 Å². The van der Waals surface area contributed by atoms with E-state index in [0.717, 1.165) is 11.9 Å². The van der Waals surface area contributed by atoms with Crippen LogP contribution in [0.1, 0.15) is 99.3 Å². The second-order valence-corrected chi connectivity index (χ2v) is 23.3. The van der Waals surface area contributed by atoms with Gasteiger partial charge in [-0.2, -0.15) is 0 Å². The van der Waals surface area contributed by atoms with E-state index in [1.54, 1.807) is 6.92 Å². The Balaban J connectivity index is 1.11. The van der Waals surface area contributed by atoms with Crippen LogP contribution < -0.4 is 0 Å². The molecule has 12 N–H and O–H groups in total. The molecule has 0 aromatic rings. The number of aliphatic hydroxyl groups excluding tert-OH is 10. The van der Waals surface area contributed by atoms with Crippen LogP contribution in [-0.4, -0.2) is 197 Å². The predicted octanol–water partition coefficient (Wildman–Crippen LogP) is -1.05. The Morgan fingerprint density at radius 2 is 1.25 bits per heavy atom. The minimum absolute atomic E-state index is 0.0365. The van der Waals surface area contributed by atoms with Crippen LogP contribution in [0, 0.1) is 50.2 Å². The summed E-state index contributed by atoms with van der Waals surface area (Å²) in [4.78, 5) is 40.0. The van der Waals surface area contributed by atoms with Crippen molar-refractivity contribution < 1.29 is 104 Å². The summed E-state index contributed by atoms with van der Waals surface area (Å²) < 4.78 is 35.6. The highest BCUT2D eigenvalue weighted by Crippen LogP contribution is 2.76. The Hall–Kier alpha value is -2.29. The zero-order valence-corrected chi connectivity index (χ0v) is 40.0. The Morgan fingerprint density at radius 3 is 1.78 bits per heavy atom. The summed E-state index contributed by atoms with van der Waals surface area (Å²) in [5.41, 5.74) is -3.17. The summed E-state index contributed by atoms with van der Waals surface area (Å²) in [5, 5.41) is 129. The lowest BCUT2D eigenvalue weighted by atomic mass is 9.33. The number of ether oxygens (including phenoxy) is 6. The van der Waals surface area contributed by atoms with Gasteiger partial charge in [-0.15, -0.1) is 0 Å². The van der Waals surface area contributed by atoms with E-state index in [4.69, 9.17) is 28.4 Å². The molecule has 5 aliphatic carbocycles. The lowest BCUT2D eigenvalue weighted by Crippen LogP contribution is -2.69. The molecule has 7 fully saturated rings. The number of allylic oxidation sites excluding steroid dienone is 2. The van der Waals surface area contributed by atoms with E-state index in [-0.39, 0.29) is 36.0 Å². The van der Waals surface area contributed by atoms with Gasteiger partial charge < -0.3 is 94.5 Å². The number of hydrogen-bond donors (Lipinski definition) is 12. The third-order valence-electron chi connectivity index (χ3n) is 19.3. The molecule has 3 aliphatic heterocycles. The van der Waals surface area contributed by atoms with Gasteiger partial charge in [-0.05, 0) is 97.2 Å². The van der Waals surface area contributed by atoms with Crippen molar-refractivity contribution >= 4 is 18.2 Å². The molecule has 0 aromatic carbocycles. The molecule has 8 rings (SSSR count). The van der Waals surface area contributed by atoms with Crippen LogP contribution in [0.4, 0.5) is 0 Å². The summed E-state index contributed by atoms with van der Waals surface area (Å²) in [6, 6.07) is 0. The van der Waals surface area contributed by atoms with Crippen molar-refractivity contribution in [3.05, 3.63) is 11.6 Å². The van der Waals surface area contributed by atoms with Gasteiger partial charge >= 0.3 is 11.9 Å². The van der Waals surface area contributed by atoms with Crippen molar-refractivity contribution in [2.75, 3.05) is 13.2 Å². The van der Waals surface area contributed by atoms with E-state index in [0.29, 0.717) is 44.9 Å². The standard InChI is InChI=1S/C48H74O21/c1-43(2)13-14-48(42(62)63)21(15-43)20-7-8-25-44(3)11-10-27(45(4,19-51)24(44)9-12-46(25,5)47(20,6)16-26(48)52)66-41-36(68-40-33(58)31(56)29(54)23(18-50)65-40)34(59)35(37(69-41)38(60)61)67-39-32(57)30(55)28(53)22(17-49)64-39/h7,19,21-37,39-41,49-50,52-59H,8-18H2,1-6H3,(H,60,61)(H,62,63)/t21-,22+,23+,24+,25+,26+,27-,28-,29+,30-,31-,32+,33+,34-,35-,36+,37-,39-,40-,41+,44-,45-,46+,47+,48+/m0/s1. The van der Waals surface area contributed by atoms with Crippen molar-refractivity contribution in [2.24, 2.45) is 50.2 Å². The maximum atomic E-state index is 13.8. The first-order chi connectivity index (χ1) is 32.2. The number of fused-ring (bicyclic) bond motifs is 7. The SMILES string of the molecule is CC1(C)CC[C@]2(C(=O)O)[C@H](O)C[C@]3(C)C(=CC[C@@H]4[C@@]5(C)CC[C@H](O[C@@H]6O[C@H](C(=O)O)[C@@H](O[C@@H]7O[C@H](CO)[C@H](O)[C@H](O)[C@H]7O)[C@H](O)[C@H]6O[C@@H]6O[C@H](CO)[C@@H](O)[C@H](O)[C@H]6O)[C@@](C)(C=O)[C@@H]5CC[C@]43C)[C@@H]2C1. The highest BCUT2D eigenvalue weighted by molar-refractivity contribution is 5.78. The van der Waals surface area contributed by atoms with E-state index in [9.17, 15) is 75.7 Å². The number of aliphatic carboxylic acids is 2. The first-order valence-electron chi connectivity index (χ1n) is 24.4. The zero-order chi connectivity index (χ0) is 50.7. The number of carboxylic acids is 2. The van der Waals surface area contributed by atoms with Gasteiger partial charge in [0.1, 0.15) is 78.8 Å². The molecule has 0 spiro atoms. The van der Waals surface area contributed by atoms with Crippen molar-refractivity contribution in [1.82, 2.24) is 0 Å².